The van der Waals surface area contributed by atoms with Crippen LogP contribution in [0.25, 0.3) is 0 Å². The van der Waals surface area contributed by atoms with Gasteiger partial charge in [0.15, 0.2) is 5.82 Å². The van der Waals surface area contributed by atoms with Crippen molar-refractivity contribution in [1.82, 2.24) is 9.97 Å². The minimum Gasteiger partial charge on any atom is -0.396 e. The van der Waals surface area contributed by atoms with Gasteiger partial charge in [-0.25, -0.2) is 9.97 Å². The van der Waals surface area contributed by atoms with Crippen molar-refractivity contribution in [2.45, 2.75) is 26.0 Å². The van der Waals surface area contributed by atoms with Gasteiger partial charge in [0.2, 0.25) is 0 Å². The van der Waals surface area contributed by atoms with Crippen molar-refractivity contribution in [3.63, 3.8) is 0 Å². The molecule has 0 spiro atoms. The average molecular weight is 284 g/mol. The van der Waals surface area contributed by atoms with Gasteiger partial charge < -0.3 is 25.2 Å². The smallest absolute Gasteiger partial charge is 0.158 e. The monoisotopic (exact) mass is 284 g/mol. The highest BCUT2D eigenvalue weighted by molar-refractivity contribution is 5.48. The van der Waals surface area contributed by atoms with Crippen LogP contribution in [-0.2, 0) is 16.1 Å². The molecule has 0 aliphatic heterocycles. The van der Waals surface area contributed by atoms with Crippen LogP contribution in [0.1, 0.15) is 19.2 Å². The third-order valence-electron chi connectivity index (χ3n) is 2.60. The number of aliphatic hydroxyl groups is 1. The number of rotatable bonds is 10. The van der Waals surface area contributed by atoms with Gasteiger partial charge in [-0.15, -0.1) is 0 Å². The molecule has 0 aliphatic rings. The lowest BCUT2D eigenvalue weighted by molar-refractivity contribution is 0.169. The van der Waals surface area contributed by atoms with Gasteiger partial charge in [-0.05, 0) is 13.3 Å². The molecular formula is C13H24N4O3. The third kappa shape index (κ3) is 5.68. The first-order chi connectivity index (χ1) is 9.73. The van der Waals surface area contributed by atoms with E-state index in [0.29, 0.717) is 31.3 Å². The Kier molecular flexibility index (Phi) is 7.86. The van der Waals surface area contributed by atoms with Crippen LogP contribution in [0.3, 0.4) is 0 Å². The molecule has 7 heteroatoms. The third-order valence-corrected chi connectivity index (χ3v) is 2.60. The molecule has 1 atom stereocenters. The molecule has 1 rings (SSSR count). The van der Waals surface area contributed by atoms with E-state index in [1.54, 1.807) is 14.2 Å². The first-order valence-electron chi connectivity index (χ1n) is 6.70. The van der Waals surface area contributed by atoms with Crippen molar-refractivity contribution in [1.29, 1.82) is 0 Å². The van der Waals surface area contributed by atoms with Gasteiger partial charge in [-0.1, -0.05) is 0 Å². The highest BCUT2D eigenvalue weighted by Gasteiger charge is 2.11. The Morgan fingerprint density at radius 3 is 2.60 bits per heavy atom. The van der Waals surface area contributed by atoms with Crippen molar-refractivity contribution < 1.29 is 14.6 Å². The fourth-order valence-electron chi connectivity index (χ4n) is 1.80. The number of anilines is 2. The number of hydrogen-bond donors (Lipinski definition) is 3. The molecule has 0 fully saturated rings. The minimum atomic E-state index is 0.00442. The predicted molar refractivity (Wildman–Crippen MR) is 77.9 cm³/mol. The van der Waals surface area contributed by atoms with E-state index < -0.39 is 0 Å². The van der Waals surface area contributed by atoms with Crippen molar-refractivity contribution in [3.8, 4) is 0 Å². The lowest BCUT2D eigenvalue weighted by Crippen LogP contribution is -2.27. The summed E-state index contributed by atoms with van der Waals surface area (Å²) in [5.74, 6) is 2.05. The van der Waals surface area contributed by atoms with Crippen LogP contribution in [0.5, 0.6) is 0 Å². The summed E-state index contributed by atoms with van der Waals surface area (Å²) in [6, 6.07) is 1.84. The summed E-state index contributed by atoms with van der Waals surface area (Å²) in [5.41, 5.74) is 0. The van der Waals surface area contributed by atoms with Crippen molar-refractivity contribution in [2.75, 3.05) is 44.6 Å². The standard InChI is InChI=1S/C13H24N4O3/c1-4-14-11-7-12(17-13(16-11)9-20-3)15-10(5-6-18)8-19-2/h7,10,18H,4-6,8-9H2,1-3H3,(H2,14,15,16,17). The van der Waals surface area contributed by atoms with Gasteiger partial charge in [0.25, 0.3) is 0 Å². The molecule has 7 nitrogen and oxygen atoms in total. The Balaban J connectivity index is 2.84. The second-order valence-electron chi connectivity index (χ2n) is 4.33. The molecule has 3 N–H and O–H groups in total. The van der Waals surface area contributed by atoms with Gasteiger partial charge in [0.1, 0.15) is 18.2 Å². The maximum Gasteiger partial charge on any atom is 0.158 e. The van der Waals surface area contributed by atoms with Crippen molar-refractivity contribution in [2.24, 2.45) is 0 Å². The summed E-state index contributed by atoms with van der Waals surface area (Å²) in [6.07, 6.45) is 0.591. The molecule has 114 valence electrons. The fourth-order valence-corrected chi connectivity index (χ4v) is 1.80. The second kappa shape index (κ2) is 9.46. The summed E-state index contributed by atoms with van der Waals surface area (Å²) in [7, 11) is 3.24. The number of methoxy groups -OCH3 is 2. The lowest BCUT2D eigenvalue weighted by Gasteiger charge is -2.18. The normalized spacial score (nSPS) is 12.2. The highest BCUT2D eigenvalue weighted by Crippen LogP contribution is 2.14. The SMILES string of the molecule is CCNc1cc(NC(CCO)COC)nc(COC)n1. The Bertz CT molecular complexity index is 360. The summed E-state index contributed by atoms with van der Waals surface area (Å²) < 4.78 is 10.2. The Morgan fingerprint density at radius 1 is 1.25 bits per heavy atom. The van der Waals surface area contributed by atoms with Crippen LogP contribution in [0.2, 0.25) is 0 Å². The first kappa shape index (κ1) is 16.6. The molecule has 1 aromatic rings. The number of hydrogen-bond acceptors (Lipinski definition) is 7. The fraction of sp³-hybridized carbons (Fsp3) is 0.692. The summed E-state index contributed by atoms with van der Waals surface area (Å²) in [4.78, 5) is 8.73. The van der Waals surface area contributed by atoms with Crippen LogP contribution in [0.15, 0.2) is 6.07 Å². The van der Waals surface area contributed by atoms with E-state index in [9.17, 15) is 0 Å². The molecule has 0 saturated carbocycles. The van der Waals surface area contributed by atoms with E-state index in [1.807, 2.05) is 13.0 Å². The van der Waals surface area contributed by atoms with E-state index in [2.05, 4.69) is 20.6 Å². The quantitative estimate of drug-likeness (QED) is 0.587. The van der Waals surface area contributed by atoms with Crippen molar-refractivity contribution in [3.05, 3.63) is 11.9 Å². The molecular weight excluding hydrogens is 260 g/mol. The van der Waals surface area contributed by atoms with Gasteiger partial charge in [-0.2, -0.15) is 0 Å². The zero-order valence-electron chi connectivity index (χ0n) is 12.3. The van der Waals surface area contributed by atoms with E-state index in [-0.39, 0.29) is 12.6 Å². The molecule has 20 heavy (non-hydrogen) atoms. The number of nitrogens with one attached hydrogen (secondary N) is 2. The summed E-state index contributed by atoms with van der Waals surface area (Å²) >= 11 is 0. The molecule has 1 unspecified atom stereocenters. The van der Waals surface area contributed by atoms with E-state index >= 15 is 0 Å². The average Bonchev–Trinajstić information content (AvgIpc) is 2.40. The Labute approximate surface area is 119 Å². The lowest BCUT2D eigenvalue weighted by atomic mass is 10.2. The maximum absolute atomic E-state index is 9.06. The zero-order chi connectivity index (χ0) is 14.8. The summed E-state index contributed by atoms with van der Waals surface area (Å²) in [5, 5.41) is 15.5. The van der Waals surface area contributed by atoms with Crippen LogP contribution < -0.4 is 10.6 Å². The molecule has 0 radical (unpaired) electrons. The largest absolute Gasteiger partial charge is 0.396 e. The van der Waals surface area contributed by atoms with E-state index in [1.165, 1.54) is 0 Å². The molecule has 0 aromatic carbocycles. The molecule has 0 amide bonds. The number of aliphatic hydroxyl groups excluding tert-OH is 1. The van der Waals surface area contributed by atoms with Gasteiger partial charge in [0.05, 0.1) is 12.6 Å². The van der Waals surface area contributed by atoms with Crippen LogP contribution in [0, 0.1) is 0 Å². The zero-order valence-corrected chi connectivity index (χ0v) is 12.3. The molecule has 1 heterocycles. The molecule has 0 saturated heterocycles. The number of aromatic nitrogens is 2. The highest BCUT2D eigenvalue weighted by atomic mass is 16.5. The van der Waals surface area contributed by atoms with Gasteiger partial charge >= 0.3 is 0 Å². The van der Waals surface area contributed by atoms with Crippen molar-refractivity contribution >= 4 is 11.6 Å². The topological polar surface area (TPSA) is 88.5 Å². The Morgan fingerprint density at radius 2 is 2.00 bits per heavy atom. The van der Waals surface area contributed by atoms with E-state index in [4.69, 9.17) is 14.6 Å². The van der Waals surface area contributed by atoms with Crippen LogP contribution >= 0.6 is 0 Å². The van der Waals surface area contributed by atoms with Crippen LogP contribution in [0.4, 0.5) is 11.6 Å². The summed E-state index contributed by atoms with van der Waals surface area (Å²) in [6.45, 7) is 3.73. The second-order valence-corrected chi connectivity index (χ2v) is 4.33. The number of ether oxygens (including phenoxy) is 2. The molecule has 0 aliphatic carbocycles. The Hall–Kier alpha value is -1.44. The maximum atomic E-state index is 9.06. The van der Waals surface area contributed by atoms with Gasteiger partial charge in [0, 0.05) is 33.4 Å². The molecule has 0 bridgehead atoms. The first-order valence-corrected chi connectivity index (χ1v) is 6.70. The van der Waals surface area contributed by atoms with Crippen LogP contribution in [-0.4, -0.2) is 55.1 Å². The minimum absolute atomic E-state index is 0.00442. The predicted octanol–water partition coefficient (Wildman–Crippen LogP) is 0.864. The molecule has 1 aromatic heterocycles. The van der Waals surface area contributed by atoms with Gasteiger partial charge in [-0.3, -0.25) is 0 Å². The van der Waals surface area contributed by atoms with E-state index in [0.717, 1.165) is 12.4 Å². The number of nitrogens with zero attached hydrogens (tertiary/aromatic N) is 2.